The molecule has 0 saturated heterocycles. The summed E-state index contributed by atoms with van der Waals surface area (Å²) in [5.74, 6) is 0.322. The van der Waals surface area contributed by atoms with Crippen LogP contribution in [0.5, 0.6) is 5.75 Å². The SMILES string of the molecule is COc1ccc(-c2nc3ncncc3[nH]2)cc1F. The van der Waals surface area contributed by atoms with Crippen LogP contribution < -0.4 is 4.74 Å². The third kappa shape index (κ3) is 1.67. The smallest absolute Gasteiger partial charge is 0.181 e. The average Bonchev–Trinajstić information content (AvgIpc) is 2.82. The minimum atomic E-state index is -0.429. The average molecular weight is 244 g/mol. The largest absolute Gasteiger partial charge is 0.494 e. The van der Waals surface area contributed by atoms with Crippen molar-refractivity contribution in [2.45, 2.75) is 0 Å². The number of nitrogens with one attached hydrogen (secondary N) is 1. The van der Waals surface area contributed by atoms with E-state index >= 15 is 0 Å². The number of hydrogen-bond donors (Lipinski definition) is 1. The molecule has 0 radical (unpaired) electrons. The number of aromatic amines is 1. The molecule has 2 heterocycles. The Morgan fingerprint density at radius 2 is 2.22 bits per heavy atom. The van der Waals surface area contributed by atoms with Crippen molar-refractivity contribution in [3.63, 3.8) is 0 Å². The van der Waals surface area contributed by atoms with Crippen molar-refractivity contribution in [1.82, 2.24) is 19.9 Å². The molecule has 0 aliphatic heterocycles. The van der Waals surface area contributed by atoms with E-state index in [-0.39, 0.29) is 5.75 Å². The number of methoxy groups -OCH3 is 1. The van der Waals surface area contributed by atoms with Crippen LogP contribution in [0.25, 0.3) is 22.6 Å². The summed E-state index contributed by atoms with van der Waals surface area (Å²) in [6.45, 7) is 0. The lowest BCUT2D eigenvalue weighted by Crippen LogP contribution is -1.89. The standard InChI is InChI=1S/C12H9FN4O/c1-18-10-3-2-7(4-8(10)13)11-16-9-5-14-6-15-12(9)17-11/h2-6H,1H3,(H,14,15,16,17). The number of imidazole rings is 1. The predicted molar refractivity (Wildman–Crippen MR) is 63.6 cm³/mol. The van der Waals surface area contributed by atoms with Crippen molar-refractivity contribution >= 4 is 11.2 Å². The van der Waals surface area contributed by atoms with Crippen LogP contribution in [0.1, 0.15) is 0 Å². The summed E-state index contributed by atoms with van der Waals surface area (Å²) < 4.78 is 18.5. The van der Waals surface area contributed by atoms with Gasteiger partial charge in [-0.3, -0.25) is 0 Å². The molecule has 0 unspecified atom stereocenters. The summed E-state index contributed by atoms with van der Waals surface area (Å²) in [5.41, 5.74) is 1.89. The number of ether oxygens (including phenoxy) is 1. The zero-order chi connectivity index (χ0) is 12.5. The van der Waals surface area contributed by atoms with E-state index in [2.05, 4.69) is 19.9 Å². The third-order valence-corrected chi connectivity index (χ3v) is 2.59. The summed E-state index contributed by atoms with van der Waals surface area (Å²) in [6.07, 6.45) is 3.04. The van der Waals surface area contributed by atoms with Gasteiger partial charge >= 0.3 is 0 Å². The maximum Gasteiger partial charge on any atom is 0.181 e. The van der Waals surface area contributed by atoms with Crippen molar-refractivity contribution in [3.8, 4) is 17.1 Å². The normalized spacial score (nSPS) is 10.8. The monoisotopic (exact) mass is 244 g/mol. The molecule has 1 aromatic carbocycles. The number of halogens is 1. The zero-order valence-corrected chi connectivity index (χ0v) is 9.51. The molecule has 90 valence electrons. The Labute approximate surface area is 102 Å². The molecular formula is C12H9FN4O. The lowest BCUT2D eigenvalue weighted by atomic mass is 10.2. The zero-order valence-electron chi connectivity index (χ0n) is 9.51. The molecule has 1 N–H and O–H groups in total. The number of aromatic nitrogens is 4. The first-order valence-corrected chi connectivity index (χ1v) is 5.27. The van der Waals surface area contributed by atoms with E-state index in [1.54, 1.807) is 18.3 Å². The highest BCUT2D eigenvalue weighted by atomic mass is 19.1. The van der Waals surface area contributed by atoms with Crippen molar-refractivity contribution in [3.05, 3.63) is 36.5 Å². The fourth-order valence-electron chi connectivity index (χ4n) is 1.71. The summed E-state index contributed by atoms with van der Waals surface area (Å²) in [5, 5.41) is 0. The van der Waals surface area contributed by atoms with Crippen molar-refractivity contribution < 1.29 is 9.13 Å². The Morgan fingerprint density at radius 1 is 1.33 bits per heavy atom. The molecule has 0 bridgehead atoms. The topological polar surface area (TPSA) is 63.7 Å². The van der Waals surface area contributed by atoms with Crippen LogP contribution in [0.15, 0.2) is 30.7 Å². The fourth-order valence-corrected chi connectivity index (χ4v) is 1.71. The summed E-state index contributed by atoms with van der Waals surface area (Å²) >= 11 is 0. The van der Waals surface area contributed by atoms with Crippen LogP contribution >= 0.6 is 0 Å². The third-order valence-electron chi connectivity index (χ3n) is 2.59. The van der Waals surface area contributed by atoms with Crippen LogP contribution in [-0.4, -0.2) is 27.0 Å². The number of fused-ring (bicyclic) bond motifs is 1. The Bertz CT molecular complexity index is 677. The molecule has 5 nitrogen and oxygen atoms in total. The quantitative estimate of drug-likeness (QED) is 0.750. The van der Waals surface area contributed by atoms with E-state index in [4.69, 9.17) is 4.74 Å². The fraction of sp³-hybridized carbons (Fsp3) is 0.0833. The molecule has 2 aromatic heterocycles. The Hall–Kier alpha value is -2.50. The summed E-state index contributed by atoms with van der Waals surface area (Å²) in [6, 6.07) is 4.65. The Morgan fingerprint density at radius 3 is 2.94 bits per heavy atom. The molecule has 0 fully saturated rings. The van der Waals surface area contributed by atoms with Gasteiger partial charge in [-0.1, -0.05) is 0 Å². The second-order valence-corrected chi connectivity index (χ2v) is 3.69. The number of rotatable bonds is 2. The lowest BCUT2D eigenvalue weighted by molar-refractivity contribution is 0.386. The molecule has 3 rings (SSSR count). The second kappa shape index (κ2) is 4.06. The van der Waals surface area contributed by atoms with Crippen molar-refractivity contribution in [2.24, 2.45) is 0 Å². The number of nitrogens with zero attached hydrogens (tertiary/aromatic N) is 3. The Balaban J connectivity index is 2.11. The van der Waals surface area contributed by atoms with Crippen LogP contribution in [-0.2, 0) is 0 Å². The van der Waals surface area contributed by atoms with E-state index in [0.717, 1.165) is 0 Å². The van der Waals surface area contributed by atoms with Crippen LogP contribution in [0.3, 0.4) is 0 Å². The molecule has 0 amide bonds. The first kappa shape index (κ1) is 10.6. The predicted octanol–water partition coefficient (Wildman–Crippen LogP) is 2.17. The minimum absolute atomic E-state index is 0.203. The van der Waals surface area contributed by atoms with Gasteiger partial charge in [0.25, 0.3) is 0 Å². The van der Waals surface area contributed by atoms with Gasteiger partial charge in [0.2, 0.25) is 0 Å². The number of benzene rings is 1. The van der Waals surface area contributed by atoms with E-state index < -0.39 is 5.82 Å². The van der Waals surface area contributed by atoms with Gasteiger partial charge in [0, 0.05) is 5.56 Å². The Kier molecular flexibility index (Phi) is 2.40. The van der Waals surface area contributed by atoms with Gasteiger partial charge in [-0.2, -0.15) is 0 Å². The van der Waals surface area contributed by atoms with Gasteiger partial charge < -0.3 is 9.72 Å². The van der Waals surface area contributed by atoms with Gasteiger partial charge in [-0.25, -0.2) is 19.3 Å². The molecule has 18 heavy (non-hydrogen) atoms. The molecule has 3 aromatic rings. The maximum absolute atomic E-state index is 13.6. The first-order chi connectivity index (χ1) is 8.78. The minimum Gasteiger partial charge on any atom is -0.494 e. The molecule has 0 spiro atoms. The van der Waals surface area contributed by atoms with Gasteiger partial charge in [0.15, 0.2) is 17.2 Å². The van der Waals surface area contributed by atoms with Gasteiger partial charge in [-0.15, -0.1) is 0 Å². The van der Waals surface area contributed by atoms with Gasteiger partial charge in [0.1, 0.15) is 17.7 Å². The van der Waals surface area contributed by atoms with Gasteiger partial charge in [0.05, 0.1) is 13.3 Å². The lowest BCUT2D eigenvalue weighted by Gasteiger charge is -2.02. The van der Waals surface area contributed by atoms with Crippen LogP contribution in [0.2, 0.25) is 0 Å². The highest BCUT2D eigenvalue weighted by Gasteiger charge is 2.09. The van der Waals surface area contributed by atoms with Crippen molar-refractivity contribution in [1.29, 1.82) is 0 Å². The van der Waals surface area contributed by atoms with E-state index in [1.807, 2.05) is 0 Å². The molecule has 0 atom stereocenters. The van der Waals surface area contributed by atoms with E-state index in [0.29, 0.717) is 22.6 Å². The summed E-state index contributed by atoms with van der Waals surface area (Å²) in [4.78, 5) is 15.2. The molecule has 0 aliphatic rings. The van der Waals surface area contributed by atoms with Crippen molar-refractivity contribution in [2.75, 3.05) is 7.11 Å². The highest BCUT2D eigenvalue weighted by molar-refractivity contribution is 5.74. The highest BCUT2D eigenvalue weighted by Crippen LogP contribution is 2.24. The molecule has 6 heteroatoms. The molecule has 0 saturated carbocycles. The van der Waals surface area contributed by atoms with Gasteiger partial charge in [-0.05, 0) is 18.2 Å². The van der Waals surface area contributed by atoms with E-state index in [9.17, 15) is 4.39 Å². The molecule has 0 aliphatic carbocycles. The van der Waals surface area contributed by atoms with E-state index in [1.165, 1.54) is 19.5 Å². The first-order valence-electron chi connectivity index (χ1n) is 5.27. The number of hydrogen-bond acceptors (Lipinski definition) is 4. The second-order valence-electron chi connectivity index (χ2n) is 3.69. The van der Waals surface area contributed by atoms with Crippen LogP contribution in [0.4, 0.5) is 4.39 Å². The summed E-state index contributed by atoms with van der Waals surface area (Å²) in [7, 11) is 1.43. The number of H-pyrrole nitrogens is 1. The maximum atomic E-state index is 13.6. The molecular weight excluding hydrogens is 235 g/mol. The van der Waals surface area contributed by atoms with Crippen LogP contribution in [0, 0.1) is 5.82 Å².